The number of anilines is 1. The largest absolute Gasteiger partial charge is 0.352 e. The van der Waals surface area contributed by atoms with Gasteiger partial charge >= 0.3 is 0 Å². The number of fused-ring (bicyclic) bond motifs is 1. The fourth-order valence-electron chi connectivity index (χ4n) is 4.19. The number of benzene rings is 2. The van der Waals surface area contributed by atoms with Crippen molar-refractivity contribution in [3.05, 3.63) is 52.4 Å². The zero-order valence-corrected chi connectivity index (χ0v) is 20.5. The molecule has 1 unspecified atom stereocenters. The quantitative estimate of drug-likeness (QED) is 0.517. The second-order valence-corrected chi connectivity index (χ2v) is 11.6. The molecule has 0 spiro atoms. The SMILES string of the molecule is CN=c1sc(N2CCCCC2C(=O)CCS(=O)(=O)c2ccc3cc(Cl)ccc3c2)cn1C. The molecular weight excluding hydrogens is 466 g/mol. The molecule has 0 aliphatic carbocycles. The van der Waals surface area contributed by atoms with E-state index in [1.54, 1.807) is 54.8 Å². The third-order valence-electron chi connectivity index (χ3n) is 5.90. The Labute approximate surface area is 197 Å². The molecule has 0 amide bonds. The lowest BCUT2D eigenvalue weighted by molar-refractivity contribution is -0.120. The van der Waals surface area contributed by atoms with Gasteiger partial charge in [0, 0.05) is 38.3 Å². The van der Waals surface area contributed by atoms with Crippen molar-refractivity contribution in [3.63, 3.8) is 0 Å². The number of hydrogen-bond donors (Lipinski definition) is 0. The van der Waals surface area contributed by atoms with Crippen LogP contribution in [0.3, 0.4) is 0 Å². The number of hydrogen-bond acceptors (Lipinski definition) is 6. The van der Waals surface area contributed by atoms with E-state index < -0.39 is 9.84 Å². The Morgan fingerprint density at radius 1 is 1.19 bits per heavy atom. The van der Waals surface area contributed by atoms with Gasteiger partial charge in [-0.2, -0.15) is 0 Å². The lowest BCUT2D eigenvalue weighted by Crippen LogP contribution is -2.45. The molecule has 0 bridgehead atoms. The number of halogens is 1. The van der Waals surface area contributed by atoms with Gasteiger partial charge in [-0.1, -0.05) is 35.1 Å². The number of piperidine rings is 1. The van der Waals surface area contributed by atoms with E-state index >= 15 is 0 Å². The number of ketones is 1. The smallest absolute Gasteiger partial charge is 0.186 e. The van der Waals surface area contributed by atoms with E-state index in [1.807, 2.05) is 17.8 Å². The highest BCUT2D eigenvalue weighted by Crippen LogP contribution is 2.29. The molecule has 1 aliphatic rings. The Morgan fingerprint density at radius 3 is 2.69 bits per heavy atom. The molecule has 0 radical (unpaired) electrons. The molecular formula is C23H26ClN3O3S2. The minimum Gasteiger partial charge on any atom is -0.352 e. The summed E-state index contributed by atoms with van der Waals surface area (Å²) in [6, 6.07) is 10.1. The number of sulfone groups is 1. The van der Waals surface area contributed by atoms with Gasteiger partial charge in [-0.15, -0.1) is 0 Å². The maximum atomic E-state index is 13.1. The van der Waals surface area contributed by atoms with E-state index in [0.29, 0.717) is 5.02 Å². The minimum atomic E-state index is -3.57. The van der Waals surface area contributed by atoms with Gasteiger partial charge in [-0.05, 0) is 54.3 Å². The van der Waals surface area contributed by atoms with Gasteiger partial charge in [0.25, 0.3) is 0 Å². The minimum absolute atomic E-state index is 0.00463. The number of carbonyl (C=O) groups excluding carboxylic acids is 1. The van der Waals surface area contributed by atoms with Crippen molar-refractivity contribution >= 4 is 54.3 Å². The lowest BCUT2D eigenvalue weighted by Gasteiger charge is -2.35. The molecule has 2 heterocycles. The zero-order chi connectivity index (χ0) is 22.9. The Hall–Kier alpha value is -2.16. The molecule has 32 heavy (non-hydrogen) atoms. The molecule has 170 valence electrons. The first kappa shape index (κ1) is 23.0. The fraction of sp³-hybridized carbons (Fsp3) is 0.391. The summed E-state index contributed by atoms with van der Waals surface area (Å²) in [6.45, 7) is 0.792. The number of aromatic nitrogens is 1. The topological polar surface area (TPSA) is 71.7 Å². The summed E-state index contributed by atoms with van der Waals surface area (Å²) in [4.78, 5) is 20.6. The highest BCUT2D eigenvalue weighted by molar-refractivity contribution is 7.91. The van der Waals surface area contributed by atoms with Crippen LogP contribution < -0.4 is 9.70 Å². The summed E-state index contributed by atoms with van der Waals surface area (Å²) in [6.07, 6.45) is 4.73. The maximum Gasteiger partial charge on any atom is 0.186 e. The van der Waals surface area contributed by atoms with Crippen molar-refractivity contribution in [2.24, 2.45) is 12.0 Å². The summed E-state index contributed by atoms with van der Waals surface area (Å²) >= 11 is 7.57. The predicted octanol–water partition coefficient (Wildman–Crippen LogP) is 4.22. The van der Waals surface area contributed by atoms with Crippen LogP contribution in [0.5, 0.6) is 0 Å². The Kier molecular flexibility index (Phi) is 6.74. The average Bonchev–Trinajstić information content (AvgIpc) is 3.17. The van der Waals surface area contributed by atoms with Gasteiger partial charge in [0.1, 0.15) is 5.00 Å². The van der Waals surface area contributed by atoms with Crippen molar-refractivity contribution in [3.8, 4) is 0 Å². The average molecular weight is 492 g/mol. The van der Waals surface area contributed by atoms with Gasteiger partial charge in [-0.3, -0.25) is 9.79 Å². The predicted molar refractivity (Wildman–Crippen MR) is 130 cm³/mol. The molecule has 1 aliphatic heterocycles. The second kappa shape index (κ2) is 9.37. The Balaban J connectivity index is 1.50. The van der Waals surface area contributed by atoms with E-state index in [2.05, 4.69) is 9.89 Å². The van der Waals surface area contributed by atoms with Crippen molar-refractivity contribution in [2.45, 2.75) is 36.6 Å². The number of carbonyl (C=O) groups is 1. The van der Waals surface area contributed by atoms with Crippen molar-refractivity contribution < 1.29 is 13.2 Å². The van der Waals surface area contributed by atoms with Gasteiger partial charge in [0.05, 0.1) is 16.7 Å². The van der Waals surface area contributed by atoms with Crippen LogP contribution in [0, 0.1) is 0 Å². The van der Waals surface area contributed by atoms with E-state index in [0.717, 1.165) is 46.4 Å². The molecule has 0 N–H and O–H groups in total. The monoisotopic (exact) mass is 491 g/mol. The van der Waals surface area contributed by atoms with Crippen LogP contribution >= 0.6 is 22.9 Å². The van der Waals surface area contributed by atoms with Crippen LogP contribution in [0.15, 0.2) is 52.5 Å². The normalized spacial score (nSPS) is 17.8. The summed E-state index contributed by atoms with van der Waals surface area (Å²) in [7, 11) is 0.115. The molecule has 0 saturated carbocycles. The molecule has 2 aromatic carbocycles. The first-order valence-electron chi connectivity index (χ1n) is 10.6. The highest BCUT2D eigenvalue weighted by Gasteiger charge is 2.31. The number of thiazole rings is 1. The van der Waals surface area contributed by atoms with E-state index in [1.165, 1.54) is 0 Å². The molecule has 3 aromatic rings. The first-order valence-corrected chi connectivity index (χ1v) is 13.4. The standard InChI is InChI=1S/C23H26ClN3O3S2/c1-25-23-26(2)15-22(31-23)27-11-4-3-5-20(27)21(28)10-12-32(29,30)19-9-7-16-13-18(24)8-6-17(16)14-19/h6-9,13-15,20H,3-5,10-12H2,1-2H3. The first-order chi connectivity index (χ1) is 15.3. The van der Waals surface area contributed by atoms with Gasteiger partial charge in [-0.25, -0.2) is 8.42 Å². The lowest BCUT2D eigenvalue weighted by atomic mass is 9.97. The Morgan fingerprint density at radius 2 is 1.94 bits per heavy atom. The molecule has 1 atom stereocenters. The highest BCUT2D eigenvalue weighted by atomic mass is 35.5. The van der Waals surface area contributed by atoms with Gasteiger partial charge in [0.15, 0.2) is 20.4 Å². The Bertz CT molecular complexity index is 1330. The second-order valence-electron chi connectivity index (χ2n) is 8.08. The number of rotatable bonds is 6. The zero-order valence-electron chi connectivity index (χ0n) is 18.1. The summed E-state index contributed by atoms with van der Waals surface area (Å²) in [5.41, 5.74) is 0. The van der Waals surface area contributed by atoms with E-state index in [9.17, 15) is 13.2 Å². The fourth-order valence-corrected chi connectivity index (χ4v) is 6.68. The number of nitrogens with zero attached hydrogens (tertiary/aromatic N) is 3. The van der Waals surface area contributed by atoms with Crippen LogP contribution in [0.4, 0.5) is 5.00 Å². The summed E-state index contributed by atoms with van der Waals surface area (Å²) in [5, 5.41) is 3.30. The number of Topliss-reactive ketones (excluding diaryl/α,β-unsaturated/α-hetero) is 1. The van der Waals surface area contributed by atoms with Crippen molar-refractivity contribution in [2.75, 3.05) is 24.2 Å². The van der Waals surface area contributed by atoms with Crippen LogP contribution in [0.2, 0.25) is 5.02 Å². The van der Waals surface area contributed by atoms with E-state index in [4.69, 9.17) is 11.6 Å². The van der Waals surface area contributed by atoms with Crippen molar-refractivity contribution in [1.29, 1.82) is 0 Å². The van der Waals surface area contributed by atoms with Crippen LogP contribution in [0.1, 0.15) is 25.7 Å². The van der Waals surface area contributed by atoms with Gasteiger partial charge < -0.3 is 9.47 Å². The van der Waals surface area contributed by atoms with Crippen LogP contribution in [-0.4, -0.2) is 44.2 Å². The van der Waals surface area contributed by atoms with Crippen LogP contribution in [-0.2, 0) is 21.7 Å². The van der Waals surface area contributed by atoms with Crippen LogP contribution in [0.25, 0.3) is 10.8 Å². The molecule has 1 fully saturated rings. The van der Waals surface area contributed by atoms with Crippen molar-refractivity contribution in [1.82, 2.24) is 4.57 Å². The summed E-state index contributed by atoms with van der Waals surface area (Å²) in [5.74, 6) is -0.213. The molecule has 1 saturated heterocycles. The maximum absolute atomic E-state index is 13.1. The number of aryl methyl sites for hydroxylation is 1. The molecule has 6 nitrogen and oxygen atoms in total. The third-order valence-corrected chi connectivity index (χ3v) is 9.05. The van der Waals surface area contributed by atoms with E-state index in [-0.39, 0.29) is 28.9 Å². The molecule has 9 heteroatoms. The summed E-state index contributed by atoms with van der Waals surface area (Å²) < 4.78 is 27.9. The molecule has 1 aromatic heterocycles. The third kappa shape index (κ3) is 4.77. The molecule has 4 rings (SSSR count). The van der Waals surface area contributed by atoms with Gasteiger partial charge in [0.2, 0.25) is 0 Å².